The van der Waals surface area contributed by atoms with Crippen LogP contribution in [-0.2, 0) is 6.54 Å². The molecule has 2 aromatic rings. The van der Waals surface area contributed by atoms with Crippen LogP contribution in [0.5, 0.6) is 0 Å². The molecule has 1 fully saturated rings. The fraction of sp³-hybridized carbons (Fsp3) is 0.350. The van der Waals surface area contributed by atoms with Crippen molar-refractivity contribution in [3.05, 3.63) is 64.7 Å². The third-order valence-electron chi connectivity index (χ3n) is 4.76. The number of urea groups is 1. The fourth-order valence-corrected chi connectivity index (χ4v) is 3.36. The quantitative estimate of drug-likeness (QED) is 0.776. The molecule has 7 heteroatoms. The molecule has 144 valence electrons. The Morgan fingerprint density at radius 1 is 1.11 bits per heavy atom. The molecule has 0 unspecified atom stereocenters. The van der Waals surface area contributed by atoms with Crippen molar-refractivity contribution in [2.24, 2.45) is 5.92 Å². The van der Waals surface area contributed by atoms with Gasteiger partial charge in [-0.1, -0.05) is 23.7 Å². The van der Waals surface area contributed by atoms with Gasteiger partial charge < -0.3 is 10.6 Å². The summed E-state index contributed by atoms with van der Waals surface area (Å²) in [5.41, 5.74) is 1.55. The van der Waals surface area contributed by atoms with E-state index in [1.165, 1.54) is 30.3 Å². The van der Waals surface area contributed by atoms with Crippen LogP contribution < -0.4 is 10.6 Å². The molecule has 0 spiro atoms. The van der Waals surface area contributed by atoms with Gasteiger partial charge in [0.05, 0.1) is 5.02 Å². The van der Waals surface area contributed by atoms with Gasteiger partial charge in [-0.25, -0.2) is 13.6 Å². The number of benzene rings is 2. The molecule has 3 rings (SSSR count). The summed E-state index contributed by atoms with van der Waals surface area (Å²) >= 11 is 5.71. The third kappa shape index (κ3) is 5.91. The van der Waals surface area contributed by atoms with Crippen molar-refractivity contribution >= 4 is 23.3 Å². The summed E-state index contributed by atoms with van der Waals surface area (Å²) in [7, 11) is 0. The number of piperidine rings is 1. The average molecular weight is 394 g/mol. The first-order chi connectivity index (χ1) is 13.0. The number of nitrogens with one attached hydrogen (secondary N) is 2. The Hall–Kier alpha value is -2.18. The van der Waals surface area contributed by atoms with Crippen LogP contribution in [0, 0.1) is 17.6 Å². The number of likely N-dealkylation sites (tertiary alicyclic amines) is 1. The Balaban J connectivity index is 1.38. The molecule has 1 aliphatic heterocycles. The number of hydrogen-bond acceptors (Lipinski definition) is 2. The van der Waals surface area contributed by atoms with E-state index in [1.54, 1.807) is 0 Å². The van der Waals surface area contributed by atoms with Crippen molar-refractivity contribution in [3.8, 4) is 0 Å². The van der Waals surface area contributed by atoms with Crippen molar-refractivity contribution in [2.45, 2.75) is 19.4 Å². The smallest absolute Gasteiger partial charge is 0.319 e. The highest BCUT2D eigenvalue weighted by molar-refractivity contribution is 6.31. The standard InChI is InChI=1S/C20H22ClF2N3O/c21-18-11-17(5-6-19(18)23)25-20(27)24-12-14-7-9-26(10-8-14)13-15-1-3-16(22)4-2-15/h1-6,11,14H,7-10,12-13H2,(H2,24,25,27). The summed E-state index contributed by atoms with van der Waals surface area (Å²) in [6.45, 7) is 3.29. The van der Waals surface area contributed by atoms with Gasteiger partial charge in [-0.15, -0.1) is 0 Å². The van der Waals surface area contributed by atoms with Crippen LogP contribution in [0.2, 0.25) is 5.02 Å². The van der Waals surface area contributed by atoms with Crippen LogP contribution in [0.25, 0.3) is 0 Å². The Morgan fingerprint density at radius 2 is 1.81 bits per heavy atom. The number of carbonyl (C=O) groups excluding carboxylic acids is 1. The van der Waals surface area contributed by atoms with Crippen molar-refractivity contribution in [3.63, 3.8) is 0 Å². The lowest BCUT2D eigenvalue weighted by Gasteiger charge is -2.32. The lowest BCUT2D eigenvalue weighted by Crippen LogP contribution is -2.39. The second-order valence-electron chi connectivity index (χ2n) is 6.81. The number of halogens is 3. The Labute approximate surface area is 162 Å². The van der Waals surface area contributed by atoms with Crippen LogP contribution in [0.3, 0.4) is 0 Å². The number of carbonyl (C=O) groups is 1. The van der Waals surface area contributed by atoms with E-state index >= 15 is 0 Å². The van der Waals surface area contributed by atoms with Gasteiger partial charge in [-0.05, 0) is 67.7 Å². The van der Waals surface area contributed by atoms with Gasteiger partial charge in [-0.2, -0.15) is 0 Å². The highest BCUT2D eigenvalue weighted by atomic mass is 35.5. The van der Waals surface area contributed by atoms with E-state index in [0.717, 1.165) is 38.0 Å². The minimum Gasteiger partial charge on any atom is -0.338 e. The molecule has 0 radical (unpaired) electrons. The normalized spacial score (nSPS) is 15.5. The molecule has 0 saturated carbocycles. The lowest BCUT2D eigenvalue weighted by molar-refractivity contribution is 0.175. The molecule has 1 saturated heterocycles. The molecule has 2 N–H and O–H groups in total. The van der Waals surface area contributed by atoms with Crippen molar-refractivity contribution in [1.29, 1.82) is 0 Å². The number of anilines is 1. The molecular weight excluding hydrogens is 372 g/mol. The highest BCUT2D eigenvalue weighted by Gasteiger charge is 2.19. The fourth-order valence-electron chi connectivity index (χ4n) is 3.18. The third-order valence-corrected chi connectivity index (χ3v) is 5.04. The summed E-state index contributed by atoms with van der Waals surface area (Å²) in [5, 5.41) is 5.49. The topological polar surface area (TPSA) is 44.4 Å². The largest absolute Gasteiger partial charge is 0.338 e. The van der Waals surface area contributed by atoms with Crippen LogP contribution in [0.4, 0.5) is 19.3 Å². The molecule has 0 bridgehead atoms. The van der Waals surface area contributed by atoms with E-state index in [9.17, 15) is 13.6 Å². The first-order valence-corrected chi connectivity index (χ1v) is 9.34. The predicted molar refractivity (Wildman–Crippen MR) is 103 cm³/mol. The van der Waals surface area contributed by atoms with E-state index < -0.39 is 5.82 Å². The number of rotatable bonds is 5. The zero-order valence-electron chi connectivity index (χ0n) is 14.9. The maximum atomic E-state index is 13.1. The summed E-state index contributed by atoms with van der Waals surface area (Å²) in [6.07, 6.45) is 1.98. The minimum atomic E-state index is -0.518. The first-order valence-electron chi connectivity index (χ1n) is 8.96. The van der Waals surface area contributed by atoms with Crippen LogP contribution in [0.15, 0.2) is 42.5 Å². The molecule has 4 nitrogen and oxygen atoms in total. The molecule has 0 atom stereocenters. The van der Waals surface area contributed by atoms with E-state index in [4.69, 9.17) is 11.6 Å². The second-order valence-corrected chi connectivity index (χ2v) is 7.22. The molecule has 1 heterocycles. The molecule has 2 aromatic carbocycles. The van der Waals surface area contributed by atoms with E-state index in [2.05, 4.69) is 15.5 Å². The lowest BCUT2D eigenvalue weighted by atomic mass is 9.96. The monoisotopic (exact) mass is 393 g/mol. The van der Waals surface area contributed by atoms with Gasteiger partial charge in [0.2, 0.25) is 0 Å². The van der Waals surface area contributed by atoms with Gasteiger partial charge in [0.25, 0.3) is 0 Å². The van der Waals surface area contributed by atoms with Gasteiger partial charge in [-0.3, -0.25) is 4.90 Å². The molecule has 0 aromatic heterocycles. The van der Waals surface area contributed by atoms with Crippen molar-refractivity contribution < 1.29 is 13.6 Å². The van der Waals surface area contributed by atoms with Gasteiger partial charge >= 0.3 is 6.03 Å². The van der Waals surface area contributed by atoms with Gasteiger partial charge in [0, 0.05) is 18.8 Å². The maximum Gasteiger partial charge on any atom is 0.319 e. The molecule has 27 heavy (non-hydrogen) atoms. The van der Waals surface area contributed by atoms with Gasteiger partial charge in [0.1, 0.15) is 11.6 Å². The Kier molecular flexibility index (Phi) is 6.63. The summed E-state index contributed by atoms with van der Waals surface area (Å²) in [4.78, 5) is 14.3. The van der Waals surface area contributed by atoms with Crippen LogP contribution >= 0.6 is 11.6 Å². The van der Waals surface area contributed by atoms with E-state index in [1.807, 2.05) is 12.1 Å². The summed E-state index contributed by atoms with van der Waals surface area (Å²) in [6, 6.07) is 10.3. The van der Waals surface area contributed by atoms with Gasteiger partial charge in [0.15, 0.2) is 0 Å². The molecular formula is C20H22ClF2N3O. The zero-order valence-corrected chi connectivity index (χ0v) is 15.6. The molecule has 2 amide bonds. The van der Waals surface area contributed by atoms with E-state index in [-0.39, 0.29) is 16.9 Å². The zero-order chi connectivity index (χ0) is 19.2. The molecule has 0 aliphatic carbocycles. The van der Waals surface area contributed by atoms with Crippen LogP contribution in [0.1, 0.15) is 18.4 Å². The predicted octanol–water partition coefficient (Wildman–Crippen LogP) is 4.65. The number of amides is 2. The maximum absolute atomic E-state index is 13.1. The second kappa shape index (κ2) is 9.15. The summed E-state index contributed by atoms with van der Waals surface area (Å²) < 4.78 is 26.1. The Morgan fingerprint density at radius 3 is 2.48 bits per heavy atom. The average Bonchev–Trinajstić information content (AvgIpc) is 2.66. The first kappa shape index (κ1) is 19.6. The van der Waals surface area contributed by atoms with Crippen molar-refractivity contribution in [2.75, 3.05) is 25.0 Å². The minimum absolute atomic E-state index is 0.0265. The summed E-state index contributed by atoms with van der Waals surface area (Å²) in [5.74, 6) is -0.322. The van der Waals surface area contributed by atoms with Crippen molar-refractivity contribution in [1.82, 2.24) is 10.2 Å². The highest BCUT2D eigenvalue weighted by Crippen LogP contribution is 2.20. The SMILES string of the molecule is O=C(NCC1CCN(Cc2ccc(F)cc2)CC1)Nc1ccc(F)c(Cl)c1. The number of hydrogen-bond donors (Lipinski definition) is 2. The van der Waals surface area contributed by atoms with E-state index in [0.29, 0.717) is 18.2 Å². The van der Waals surface area contributed by atoms with Crippen LogP contribution in [-0.4, -0.2) is 30.6 Å². The molecule has 1 aliphatic rings. The Bertz CT molecular complexity index is 777. The number of nitrogens with zero attached hydrogens (tertiary/aromatic N) is 1.